The van der Waals surface area contributed by atoms with Crippen molar-refractivity contribution in [3.8, 4) is 21.8 Å². The van der Waals surface area contributed by atoms with Gasteiger partial charge in [0.2, 0.25) is 0 Å². The highest BCUT2D eigenvalue weighted by Gasteiger charge is 2.17. The topological polar surface area (TPSA) is 54.9 Å². The lowest BCUT2D eigenvalue weighted by Crippen LogP contribution is -2.13. The van der Waals surface area contributed by atoms with Gasteiger partial charge in [-0.1, -0.05) is 36.4 Å². The quantitative estimate of drug-likeness (QED) is 0.304. The molecule has 162 valence electrons. The Morgan fingerprint density at radius 3 is 2.61 bits per heavy atom. The van der Waals surface area contributed by atoms with E-state index in [4.69, 9.17) is 9.97 Å². The second-order valence-corrected chi connectivity index (χ2v) is 10.0. The fraction of sp³-hybridized carbons (Fsp3) is 0.148. The number of aromatic nitrogens is 2. The summed E-state index contributed by atoms with van der Waals surface area (Å²) in [5.41, 5.74) is 7.13. The van der Waals surface area contributed by atoms with E-state index in [1.165, 1.54) is 41.7 Å². The lowest BCUT2D eigenvalue weighted by molar-refractivity contribution is 0.102. The summed E-state index contributed by atoms with van der Waals surface area (Å²) in [4.78, 5) is 23.8. The van der Waals surface area contributed by atoms with Gasteiger partial charge in [-0.3, -0.25) is 10.1 Å². The van der Waals surface area contributed by atoms with E-state index in [2.05, 4.69) is 23.5 Å². The predicted octanol–water partition coefficient (Wildman–Crippen LogP) is 7.22. The maximum atomic E-state index is 13.3. The number of hydrogen-bond donors (Lipinski definition) is 1. The Labute approximate surface area is 200 Å². The van der Waals surface area contributed by atoms with Crippen molar-refractivity contribution in [3.63, 3.8) is 0 Å². The minimum Gasteiger partial charge on any atom is -0.298 e. The maximum Gasteiger partial charge on any atom is 0.258 e. The molecule has 0 unspecified atom stereocenters. The third-order valence-corrected chi connectivity index (χ3v) is 7.75. The number of pyridine rings is 1. The average Bonchev–Trinajstić information content (AvgIpc) is 3.56. The number of rotatable bonds is 4. The third-order valence-electron chi connectivity index (χ3n) is 6.10. The lowest BCUT2D eigenvalue weighted by atomic mass is 9.90. The highest BCUT2D eigenvalue weighted by molar-refractivity contribution is 7.14. The first-order chi connectivity index (χ1) is 16.2. The molecule has 33 heavy (non-hydrogen) atoms. The Balaban J connectivity index is 1.31. The molecule has 0 aliphatic heterocycles. The van der Waals surface area contributed by atoms with Crippen LogP contribution in [0, 0.1) is 0 Å². The van der Waals surface area contributed by atoms with Crippen molar-refractivity contribution in [1.82, 2.24) is 9.97 Å². The highest BCUT2D eigenvalue weighted by Crippen LogP contribution is 2.31. The highest BCUT2D eigenvalue weighted by atomic mass is 32.1. The summed E-state index contributed by atoms with van der Waals surface area (Å²) in [6.07, 6.45) is 4.83. The van der Waals surface area contributed by atoms with E-state index in [0.29, 0.717) is 10.7 Å². The molecule has 3 aromatic heterocycles. The molecule has 0 spiro atoms. The summed E-state index contributed by atoms with van der Waals surface area (Å²) in [6.45, 7) is 0. The minimum absolute atomic E-state index is 0.169. The number of benzene rings is 2. The largest absolute Gasteiger partial charge is 0.298 e. The van der Waals surface area contributed by atoms with Gasteiger partial charge in [0, 0.05) is 16.3 Å². The first kappa shape index (κ1) is 20.3. The van der Waals surface area contributed by atoms with Crippen molar-refractivity contribution in [2.45, 2.75) is 25.7 Å². The number of amides is 1. The summed E-state index contributed by atoms with van der Waals surface area (Å²) in [5.74, 6) is -0.169. The smallest absolute Gasteiger partial charge is 0.258 e. The Hall–Kier alpha value is -3.35. The van der Waals surface area contributed by atoms with Crippen LogP contribution in [0.15, 0.2) is 71.4 Å². The number of thiazole rings is 1. The molecule has 0 saturated carbocycles. The van der Waals surface area contributed by atoms with Crippen LogP contribution < -0.4 is 5.32 Å². The summed E-state index contributed by atoms with van der Waals surface area (Å²) in [7, 11) is 0. The molecular weight excluding hydrogens is 446 g/mol. The maximum absolute atomic E-state index is 13.3. The normalized spacial score (nSPS) is 13.1. The minimum atomic E-state index is -0.169. The van der Waals surface area contributed by atoms with E-state index in [1.807, 2.05) is 53.2 Å². The van der Waals surface area contributed by atoms with Crippen LogP contribution in [0.5, 0.6) is 0 Å². The molecule has 0 bridgehead atoms. The number of carbonyl (C=O) groups is 1. The van der Waals surface area contributed by atoms with Crippen LogP contribution in [0.2, 0.25) is 0 Å². The van der Waals surface area contributed by atoms with Crippen molar-refractivity contribution < 1.29 is 4.79 Å². The van der Waals surface area contributed by atoms with Crippen LogP contribution in [0.3, 0.4) is 0 Å². The van der Waals surface area contributed by atoms with Crippen LogP contribution in [0.1, 0.15) is 34.3 Å². The first-order valence-electron chi connectivity index (χ1n) is 11.1. The third kappa shape index (κ3) is 3.96. The zero-order chi connectivity index (χ0) is 22.2. The van der Waals surface area contributed by atoms with E-state index >= 15 is 0 Å². The SMILES string of the molecule is O=C(Nc1nc(-c2ccc3c(c2)CCCC3)cs1)c1cc(-c2cccs2)nc2ccccc12. The summed E-state index contributed by atoms with van der Waals surface area (Å²) in [6, 6.07) is 20.3. The number of anilines is 1. The monoisotopic (exact) mass is 467 g/mol. The second-order valence-electron chi connectivity index (χ2n) is 8.23. The van der Waals surface area contributed by atoms with Gasteiger partial charge in [-0.25, -0.2) is 9.97 Å². The van der Waals surface area contributed by atoms with Crippen LogP contribution in [0.4, 0.5) is 5.13 Å². The molecule has 1 amide bonds. The Bertz CT molecular complexity index is 1470. The molecule has 0 atom stereocenters. The molecule has 0 radical (unpaired) electrons. The number of hydrogen-bond acceptors (Lipinski definition) is 5. The molecule has 1 N–H and O–H groups in total. The standard InChI is InChI=1S/C27H21N3OS2/c31-26(21-15-23(25-10-5-13-32-25)28-22-9-4-3-8-20(21)22)30-27-29-24(16-33-27)19-12-11-17-6-1-2-7-18(17)14-19/h3-5,8-16H,1-2,6-7H2,(H,29,30,31). The van der Waals surface area contributed by atoms with Gasteiger partial charge >= 0.3 is 0 Å². The number of carbonyl (C=O) groups excluding carboxylic acids is 1. The number of thiophene rings is 1. The van der Waals surface area contributed by atoms with Crippen LogP contribution >= 0.6 is 22.7 Å². The van der Waals surface area contributed by atoms with Crippen LogP contribution in [-0.2, 0) is 12.8 Å². The molecule has 3 heterocycles. The van der Waals surface area contributed by atoms with Gasteiger partial charge < -0.3 is 0 Å². The van der Waals surface area contributed by atoms with Gasteiger partial charge in [0.15, 0.2) is 5.13 Å². The Kier molecular flexibility index (Phi) is 5.24. The van der Waals surface area contributed by atoms with Crippen molar-refractivity contribution >= 4 is 44.6 Å². The van der Waals surface area contributed by atoms with Gasteiger partial charge in [0.1, 0.15) is 0 Å². The van der Waals surface area contributed by atoms with E-state index < -0.39 is 0 Å². The van der Waals surface area contributed by atoms with Gasteiger partial charge in [0.25, 0.3) is 5.91 Å². The fourth-order valence-corrected chi connectivity index (χ4v) is 5.84. The van der Waals surface area contributed by atoms with Gasteiger partial charge in [-0.2, -0.15) is 0 Å². The number of para-hydroxylation sites is 1. The van der Waals surface area contributed by atoms with Gasteiger partial charge in [0.05, 0.1) is 27.3 Å². The molecule has 1 aliphatic rings. The number of aryl methyl sites for hydroxylation is 2. The zero-order valence-electron chi connectivity index (χ0n) is 17.9. The predicted molar refractivity (Wildman–Crippen MR) is 137 cm³/mol. The second kappa shape index (κ2) is 8.54. The molecule has 0 saturated heterocycles. The summed E-state index contributed by atoms with van der Waals surface area (Å²) in [5, 5.41) is 8.49. The zero-order valence-corrected chi connectivity index (χ0v) is 19.5. The van der Waals surface area contributed by atoms with Crippen LogP contribution in [-0.4, -0.2) is 15.9 Å². The van der Waals surface area contributed by atoms with Gasteiger partial charge in [-0.05, 0) is 66.5 Å². The van der Waals surface area contributed by atoms with Crippen molar-refractivity contribution in [2.24, 2.45) is 0 Å². The number of nitrogens with zero attached hydrogens (tertiary/aromatic N) is 2. The molecule has 1 aliphatic carbocycles. The van der Waals surface area contributed by atoms with E-state index in [0.717, 1.165) is 39.2 Å². The lowest BCUT2D eigenvalue weighted by Gasteiger charge is -2.16. The molecule has 6 rings (SSSR count). The van der Waals surface area contributed by atoms with Gasteiger partial charge in [-0.15, -0.1) is 22.7 Å². The average molecular weight is 468 g/mol. The van der Waals surface area contributed by atoms with E-state index in [-0.39, 0.29) is 5.91 Å². The fourth-order valence-electron chi connectivity index (χ4n) is 4.43. The van der Waals surface area contributed by atoms with Crippen molar-refractivity contribution in [2.75, 3.05) is 5.32 Å². The Morgan fingerprint density at radius 1 is 0.848 bits per heavy atom. The molecular formula is C27H21N3OS2. The van der Waals surface area contributed by atoms with Crippen molar-refractivity contribution in [1.29, 1.82) is 0 Å². The first-order valence-corrected chi connectivity index (χ1v) is 12.8. The molecule has 5 aromatic rings. The van der Waals surface area contributed by atoms with Crippen LogP contribution in [0.25, 0.3) is 32.7 Å². The molecule has 0 fully saturated rings. The van der Waals surface area contributed by atoms with E-state index in [9.17, 15) is 4.79 Å². The number of fused-ring (bicyclic) bond motifs is 2. The summed E-state index contributed by atoms with van der Waals surface area (Å²) >= 11 is 3.07. The molecule has 6 heteroatoms. The molecule has 2 aromatic carbocycles. The van der Waals surface area contributed by atoms with E-state index in [1.54, 1.807) is 11.3 Å². The summed E-state index contributed by atoms with van der Waals surface area (Å²) < 4.78 is 0. The Morgan fingerprint density at radius 2 is 1.73 bits per heavy atom. The van der Waals surface area contributed by atoms with Crippen molar-refractivity contribution in [3.05, 3.63) is 88.1 Å². The number of nitrogens with one attached hydrogen (secondary N) is 1. The molecule has 4 nitrogen and oxygen atoms in total.